The third kappa shape index (κ3) is 4.27. The fraction of sp³-hybridized carbons (Fsp3) is 0.933. The van der Waals surface area contributed by atoms with Crippen LogP contribution in [0.4, 0.5) is 0 Å². The first-order valence-electron chi connectivity index (χ1n) is 7.48. The molecule has 3 unspecified atom stereocenters. The molecule has 0 aliphatic heterocycles. The van der Waals surface area contributed by atoms with Crippen molar-refractivity contribution in [3.05, 3.63) is 0 Å². The number of carbonyl (C=O) groups excluding carboxylic acids is 1. The highest BCUT2D eigenvalue weighted by Gasteiger charge is 2.31. The fourth-order valence-electron chi connectivity index (χ4n) is 3.03. The Morgan fingerprint density at radius 1 is 1.39 bits per heavy atom. The number of carbonyl (C=O) groups is 1. The van der Waals surface area contributed by atoms with E-state index in [2.05, 4.69) is 25.8 Å². The van der Waals surface area contributed by atoms with Gasteiger partial charge in [0.15, 0.2) is 0 Å². The molecule has 18 heavy (non-hydrogen) atoms. The van der Waals surface area contributed by atoms with Crippen molar-refractivity contribution in [2.75, 3.05) is 13.7 Å². The minimum absolute atomic E-state index is 0.0416. The standard InChI is InChI=1S/C15H29NO2/c1-5-8-14(15(17)18-6-2)16(4)13-10-7-9-12(3)11-13/h12-14H,5-11H2,1-4H3. The molecule has 0 aromatic rings. The van der Waals surface area contributed by atoms with Crippen molar-refractivity contribution < 1.29 is 9.53 Å². The summed E-state index contributed by atoms with van der Waals surface area (Å²) in [5, 5.41) is 0. The summed E-state index contributed by atoms with van der Waals surface area (Å²) in [5.41, 5.74) is 0. The second kappa shape index (κ2) is 7.78. The number of hydrogen-bond donors (Lipinski definition) is 0. The molecular weight excluding hydrogens is 226 g/mol. The molecule has 3 heteroatoms. The van der Waals surface area contributed by atoms with Crippen molar-refractivity contribution in [2.24, 2.45) is 5.92 Å². The lowest BCUT2D eigenvalue weighted by Gasteiger charge is -2.37. The summed E-state index contributed by atoms with van der Waals surface area (Å²) < 4.78 is 5.21. The molecule has 3 atom stereocenters. The molecule has 1 aliphatic carbocycles. The monoisotopic (exact) mass is 255 g/mol. The summed E-state index contributed by atoms with van der Waals surface area (Å²) in [5.74, 6) is 0.746. The normalized spacial score (nSPS) is 26.1. The molecular formula is C15H29NO2. The van der Waals surface area contributed by atoms with Crippen LogP contribution in [0.1, 0.15) is 59.3 Å². The molecule has 0 heterocycles. The van der Waals surface area contributed by atoms with E-state index in [0.717, 1.165) is 18.8 Å². The second-order valence-electron chi connectivity index (χ2n) is 5.65. The van der Waals surface area contributed by atoms with E-state index in [1.54, 1.807) is 0 Å². The number of hydrogen-bond acceptors (Lipinski definition) is 3. The predicted molar refractivity (Wildman–Crippen MR) is 74.5 cm³/mol. The van der Waals surface area contributed by atoms with Gasteiger partial charge in [0.25, 0.3) is 0 Å². The molecule has 1 rings (SSSR count). The molecule has 0 aromatic heterocycles. The lowest BCUT2D eigenvalue weighted by atomic mass is 9.85. The first kappa shape index (κ1) is 15.5. The summed E-state index contributed by atoms with van der Waals surface area (Å²) in [7, 11) is 2.10. The maximum atomic E-state index is 12.0. The van der Waals surface area contributed by atoms with Crippen LogP contribution < -0.4 is 0 Å². The molecule has 0 amide bonds. The molecule has 0 spiro atoms. The molecule has 0 saturated heterocycles. The highest BCUT2D eigenvalue weighted by atomic mass is 16.5. The second-order valence-corrected chi connectivity index (χ2v) is 5.65. The summed E-state index contributed by atoms with van der Waals surface area (Å²) in [6, 6.07) is 0.500. The largest absolute Gasteiger partial charge is 0.465 e. The summed E-state index contributed by atoms with van der Waals surface area (Å²) >= 11 is 0. The van der Waals surface area contributed by atoms with E-state index in [0.29, 0.717) is 12.6 Å². The zero-order valence-corrected chi connectivity index (χ0v) is 12.4. The molecule has 3 nitrogen and oxygen atoms in total. The van der Waals surface area contributed by atoms with Crippen LogP contribution in [0.3, 0.4) is 0 Å². The zero-order valence-electron chi connectivity index (χ0n) is 12.4. The van der Waals surface area contributed by atoms with Crippen molar-refractivity contribution in [2.45, 2.75) is 71.4 Å². The van der Waals surface area contributed by atoms with E-state index in [-0.39, 0.29) is 12.0 Å². The Morgan fingerprint density at radius 2 is 2.11 bits per heavy atom. The Balaban J connectivity index is 2.62. The van der Waals surface area contributed by atoms with Crippen LogP contribution in [0.5, 0.6) is 0 Å². The maximum Gasteiger partial charge on any atom is 0.323 e. The molecule has 0 N–H and O–H groups in total. The van der Waals surface area contributed by atoms with E-state index >= 15 is 0 Å². The third-order valence-corrected chi connectivity index (χ3v) is 4.10. The number of nitrogens with zero attached hydrogens (tertiary/aromatic N) is 1. The highest BCUT2D eigenvalue weighted by Crippen LogP contribution is 2.28. The Kier molecular flexibility index (Phi) is 6.69. The quantitative estimate of drug-likeness (QED) is 0.682. The summed E-state index contributed by atoms with van der Waals surface area (Å²) in [4.78, 5) is 14.3. The molecule has 1 fully saturated rings. The Morgan fingerprint density at radius 3 is 2.67 bits per heavy atom. The van der Waals surface area contributed by atoms with Gasteiger partial charge in [-0.3, -0.25) is 9.69 Å². The van der Waals surface area contributed by atoms with Crippen LogP contribution in [-0.4, -0.2) is 36.6 Å². The predicted octanol–water partition coefficient (Wildman–Crippen LogP) is 3.23. The van der Waals surface area contributed by atoms with Crippen molar-refractivity contribution in [1.29, 1.82) is 0 Å². The zero-order chi connectivity index (χ0) is 13.5. The smallest absolute Gasteiger partial charge is 0.323 e. The average molecular weight is 255 g/mol. The van der Waals surface area contributed by atoms with Crippen LogP contribution in [0.15, 0.2) is 0 Å². The van der Waals surface area contributed by atoms with Gasteiger partial charge in [-0.25, -0.2) is 0 Å². The lowest BCUT2D eigenvalue weighted by molar-refractivity contribution is -0.150. The summed E-state index contributed by atoms with van der Waals surface area (Å²) in [6.45, 7) is 6.81. The van der Waals surface area contributed by atoms with Crippen molar-refractivity contribution >= 4 is 5.97 Å². The van der Waals surface area contributed by atoms with E-state index in [1.807, 2.05) is 6.92 Å². The maximum absolute atomic E-state index is 12.0. The van der Waals surface area contributed by atoms with Crippen LogP contribution in [0, 0.1) is 5.92 Å². The van der Waals surface area contributed by atoms with Crippen molar-refractivity contribution in [1.82, 2.24) is 4.90 Å². The number of esters is 1. The van der Waals surface area contributed by atoms with Gasteiger partial charge in [-0.15, -0.1) is 0 Å². The average Bonchev–Trinajstić information content (AvgIpc) is 2.35. The first-order chi connectivity index (χ1) is 8.60. The highest BCUT2D eigenvalue weighted by molar-refractivity contribution is 5.75. The van der Waals surface area contributed by atoms with Crippen molar-refractivity contribution in [3.63, 3.8) is 0 Å². The van der Waals surface area contributed by atoms with E-state index in [1.165, 1.54) is 25.7 Å². The van der Waals surface area contributed by atoms with E-state index in [4.69, 9.17) is 4.74 Å². The van der Waals surface area contributed by atoms with E-state index in [9.17, 15) is 4.79 Å². The topological polar surface area (TPSA) is 29.5 Å². The van der Waals surface area contributed by atoms with Gasteiger partial charge in [-0.2, -0.15) is 0 Å². The lowest BCUT2D eigenvalue weighted by Crippen LogP contribution is -2.47. The van der Waals surface area contributed by atoms with Gasteiger partial charge in [-0.1, -0.05) is 33.1 Å². The number of likely N-dealkylation sites (N-methyl/N-ethyl adjacent to an activating group) is 1. The van der Waals surface area contributed by atoms with Gasteiger partial charge in [0, 0.05) is 6.04 Å². The van der Waals surface area contributed by atoms with Crippen LogP contribution >= 0.6 is 0 Å². The molecule has 0 bridgehead atoms. The molecule has 1 aliphatic rings. The fourth-order valence-corrected chi connectivity index (χ4v) is 3.03. The van der Waals surface area contributed by atoms with Crippen LogP contribution in [0.25, 0.3) is 0 Å². The van der Waals surface area contributed by atoms with Gasteiger partial charge in [-0.05, 0) is 39.2 Å². The minimum atomic E-state index is -0.0507. The van der Waals surface area contributed by atoms with Gasteiger partial charge in [0.05, 0.1) is 6.61 Å². The molecule has 1 saturated carbocycles. The number of rotatable bonds is 6. The minimum Gasteiger partial charge on any atom is -0.465 e. The Labute approximate surface area is 112 Å². The van der Waals surface area contributed by atoms with Gasteiger partial charge in [0.1, 0.15) is 6.04 Å². The van der Waals surface area contributed by atoms with E-state index < -0.39 is 0 Å². The molecule has 0 aromatic carbocycles. The summed E-state index contributed by atoms with van der Waals surface area (Å²) in [6.07, 6.45) is 6.99. The van der Waals surface area contributed by atoms with Gasteiger partial charge >= 0.3 is 5.97 Å². The molecule has 0 radical (unpaired) electrons. The van der Waals surface area contributed by atoms with Crippen molar-refractivity contribution in [3.8, 4) is 0 Å². The van der Waals surface area contributed by atoms with Crippen LogP contribution in [-0.2, 0) is 9.53 Å². The van der Waals surface area contributed by atoms with Gasteiger partial charge in [0.2, 0.25) is 0 Å². The first-order valence-corrected chi connectivity index (χ1v) is 7.48. The van der Waals surface area contributed by atoms with Gasteiger partial charge < -0.3 is 4.74 Å². The SMILES string of the molecule is CCCC(C(=O)OCC)N(C)C1CCCC(C)C1. The molecule has 106 valence electrons. The Bertz CT molecular complexity index is 255. The third-order valence-electron chi connectivity index (χ3n) is 4.10. The number of ether oxygens (including phenoxy) is 1. The Hall–Kier alpha value is -0.570. The van der Waals surface area contributed by atoms with Crippen LogP contribution in [0.2, 0.25) is 0 Å².